The lowest BCUT2D eigenvalue weighted by molar-refractivity contribution is 0.935. The van der Waals surface area contributed by atoms with Crippen LogP contribution in [0.15, 0.2) is 69.7 Å². The Balaban J connectivity index is 1.90. The van der Waals surface area contributed by atoms with Gasteiger partial charge < -0.3 is 0 Å². The number of hydrogen-bond donors (Lipinski definition) is 1. The summed E-state index contributed by atoms with van der Waals surface area (Å²) in [4.78, 5) is 1.25. The van der Waals surface area contributed by atoms with Crippen LogP contribution in [0, 0.1) is 0 Å². The molecule has 3 aliphatic rings. The minimum Gasteiger partial charge on any atom is -0.147 e. The molecule has 0 amide bonds. The minimum absolute atomic E-state index is 1.09. The van der Waals surface area contributed by atoms with Crippen molar-refractivity contribution < 1.29 is 0 Å². The molecular weight excluding hydrogens is 248 g/mol. The second-order valence-corrected chi connectivity index (χ2v) is 5.85. The standard InChI is InChI=1S/C18H20S/c19-18-12-5-4-11-17(18)16-10-6-9-15(13-16)14-7-2-1-3-8-14/h2,4,7-9,11,13,19H,1,3,5-6,10,12H2. The van der Waals surface area contributed by atoms with E-state index in [0.29, 0.717) is 0 Å². The van der Waals surface area contributed by atoms with Crippen molar-refractivity contribution in [1.82, 2.24) is 0 Å². The van der Waals surface area contributed by atoms with Crippen molar-refractivity contribution in [2.45, 2.75) is 38.5 Å². The van der Waals surface area contributed by atoms with Gasteiger partial charge in [-0.3, -0.25) is 0 Å². The molecule has 0 nitrogen and oxygen atoms in total. The molecule has 3 rings (SSSR count). The second kappa shape index (κ2) is 5.83. The van der Waals surface area contributed by atoms with E-state index in [2.05, 4.69) is 55.2 Å². The predicted octanol–water partition coefficient (Wildman–Crippen LogP) is 5.44. The lowest BCUT2D eigenvalue weighted by Gasteiger charge is -2.20. The van der Waals surface area contributed by atoms with Gasteiger partial charge in [-0.05, 0) is 65.7 Å². The van der Waals surface area contributed by atoms with E-state index in [-0.39, 0.29) is 0 Å². The smallest absolute Gasteiger partial charge is 0.0106 e. The molecule has 0 heterocycles. The lowest BCUT2D eigenvalue weighted by Crippen LogP contribution is -2.00. The molecule has 0 unspecified atom stereocenters. The van der Waals surface area contributed by atoms with Gasteiger partial charge in [0, 0.05) is 0 Å². The maximum Gasteiger partial charge on any atom is -0.0106 e. The zero-order valence-corrected chi connectivity index (χ0v) is 12.1. The van der Waals surface area contributed by atoms with Gasteiger partial charge >= 0.3 is 0 Å². The highest BCUT2D eigenvalue weighted by atomic mass is 32.1. The molecule has 98 valence electrons. The van der Waals surface area contributed by atoms with E-state index < -0.39 is 0 Å². The quantitative estimate of drug-likeness (QED) is 0.633. The monoisotopic (exact) mass is 268 g/mol. The van der Waals surface area contributed by atoms with Gasteiger partial charge in [0.1, 0.15) is 0 Å². The van der Waals surface area contributed by atoms with Crippen molar-refractivity contribution in [2.24, 2.45) is 0 Å². The first-order valence-electron chi connectivity index (χ1n) is 7.21. The fourth-order valence-electron chi connectivity index (χ4n) is 2.89. The van der Waals surface area contributed by atoms with Crippen molar-refractivity contribution in [3.05, 3.63) is 69.7 Å². The third-order valence-electron chi connectivity index (χ3n) is 3.93. The Morgan fingerprint density at radius 3 is 2.42 bits per heavy atom. The average molecular weight is 268 g/mol. The summed E-state index contributed by atoms with van der Waals surface area (Å²) in [7, 11) is 0. The van der Waals surface area contributed by atoms with Crippen LogP contribution >= 0.6 is 12.6 Å². The molecule has 0 saturated carbocycles. The number of hydrogen-bond acceptors (Lipinski definition) is 1. The van der Waals surface area contributed by atoms with Gasteiger partial charge in [0.05, 0.1) is 0 Å². The third kappa shape index (κ3) is 2.87. The molecule has 0 aromatic carbocycles. The van der Waals surface area contributed by atoms with Gasteiger partial charge in [0.2, 0.25) is 0 Å². The molecule has 0 aromatic rings. The minimum atomic E-state index is 1.09. The zero-order valence-electron chi connectivity index (χ0n) is 11.2. The van der Waals surface area contributed by atoms with Crippen LogP contribution in [0.5, 0.6) is 0 Å². The summed E-state index contributed by atoms with van der Waals surface area (Å²) in [6.45, 7) is 0. The van der Waals surface area contributed by atoms with Crippen molar-refractivity contribution >= 4 is 12.6 Å². The van der Waals surface area contributed by atoms with Crippen LogP contribution in [0.4, 0.5) is 0 Å². The molecule has 0 radical (unpaired) electrons. The fourth-order valence-corrected chi connectivity index (χ4v) is 3.23. The van der Waals surface area contributed by atoms with Crippen LogP contribution in [0.3, 0.4) is 0 Å². The van der Waals surface area contributed by atoms with Gasteiger partial charge in [-0.2, -0.15) is 0 Å². The average Bonchev–Trinajstić information content (AvgIpc) is 2.49. The van der Waals surface area contributed by atoms with E-state index in [0.717, 1.165) is 25.7 Å². The van der Waals surface area contributed by atoms with E-state index in [1.807, 2.05) is 0 Å². The molecule has 0 bridgehead atoms. The molecule has 0 aliphatic heterocycles. The summed E-state index contributed by atoms with van der Waals surface area (Å²) in [5, 5.41) is 0. The molecule has 0 aromatic heterocycles. The topological polar surface area (TPSA) is 0 Å². The van der Waals surface area contributed by atoms with Crippen molar-refractivity contribution in [2.75, 3.05) is 0 Å². The fraction of sp³-hybridized carbons (Fsp3) is 0.333. The first kappa shape index (κ1) is 12.8. The largest absolute Gasteiger partial charge is 0.147 e. The Kier molecular flexibility index (Phi) is 3.93. The summed E-state index contributed by atoms with van der Waals surface area (Å²) in [6.07, 6.45) is 23.0. The van der Waals surface area contributed by atoms with Crippen LogP contribution < -0.4 is 0 Å². The van der Waals surface area contributed by atoms with Crippen LogP contribution in [-0.4, -0.2) is 0 Å². The van der Waals surface area contributed by atoms with Gasteiger partial charge in [-0.1, -0.05) is 42.5 Å². The molecule has 0 saturated heterocycles. The second-order valence-electron chi connectivity index (χ2n) is 5.31. The SMILES string of the molecule is SC1=C(C2=CC(C3=CCCC=C3)=CCC2)C=CCC1. The summed E-state index contributed by atoms with van der Waals surface area (Å²) in [6, 6.07) is 0. The van der Waals surface area contributed by atoms with Gasteiger partial charge in [0.15, 0.2) is 0 Å². The van der Waals surface area contributed by atoms with Crippen LogP contribution in [0.25, 0.3) is 0 Å². The van der Waals surface area contributed by atoms with Crippen molar-refractivity contribution in [3.8, 4) is 0 Å². The highest BCUT2D eigenvalue weighted by Gasteiger charge is 2.14. The molecule has 1 heteroatoms. The van der Waals surface area contributed by atoms with E-state index >= 15 is 0 Å². The van der Waals surface area contributed by atoms with Gasteiger partial charge in [0.25, 0.3) is 0 Å². The number of thiol groups is 1. The van der Waals surface area contributed by atoms with Crippen LogP contribution in [-0.2, 0) is 0 Å². The Morgan fingerprint density at radius 1 is 0.789 bits per heavy atom. The highest BCUT2D eigenvalue weighted by molar-refractivity contribution is 7.84. The molecule has 19 heavy (non-hydrogen) atoms. The summed E-state index contributed by atoms with van der Waals surface area (Å²) < 4.78 is 0. The molecule has 0 fully saturated rings. The van der Waals surface area contributed by atoms with E-state index in [1.165, 1.54) is 40.0 Å². The van der Waals surface area contributed by atoms with Crippen LogP contribution in [0.1, 0.15) is 38.5 Å². The maximum atomic E-state index is 4.66. The highest BCUT2D eigenvalue weighted by Crippen LogP contribution is 2.34. The van der Waals surface area contributed by atoms with Crippen LogP contribution in [0.2, 0.25) is 0 Å². The molecule has 0 N–H and O–H groups in total. The number of rotatable bonds is 2. The molecule has 0 atom stereocenters. The zero-order chi connectivity index (χ0) is 13.1. The van der Waals surface area contributed by atoms with E-state index in [4.69, 9.17) is 0 Å². The molecular formula is C18H20S. The Morgan fingerprint density at radius 2 is 1.63 bits per heavy atom. The Hall–Kier alpha value is -1.21. The summed E-state index contributed by atoms with van der Waals surface area (Å²) >= 11 is 4.66. The lowest BCUT2D eigenvalue weighted by atomic mass is 9.87. The van der Waals surface area contributed by atoms with Crippen molar-refractivity contribution in [3.63, 3.8) is 0 Å². The maximum absolute atomic E-state index is 4.66. The number of allylic oxidation sites excluding steroid dienone is 12. The Labute approximate surface area is 121 Å². The molecule has 3 aliphatic carbocycles. The van der Waals surface area contributed by atoms with E-state index in [1.54, 1.807) is 0 Å². The first-order chi connectivity index (χ1) is 9.34. The predicted molar refractivity (Wildman–Crippen MR) is 86.2 cm³/mol. The first-order valence-corrected chi connectivity index (χ1v) is 7.66. The Bertz CT molecular complexity index is 550. The third-order valence-corrected chi connectivity index (χ3v) is 4.39. The van der Waals surface area contributed by atoms with Gasteiger partial charge in [-0.25, -0.2) is 0 Å². The van der Waals surface area contributed by atoms with E-state index in [9.17, 15) is 0 Å². The summed E-state index contributed by atoms with van der Waals surface area (Å²) in [5.74, 6) is 0. The summed E-state index contributed by atoms with van der Waals surface area (Å²) in [5.41, 5.74) is 5.60. The normalized spacial score (nSPS) is 23.1. The van der Waals surface area contributed by atoms with Crippen molar-refractivity contribution in [1.29, 1.82) is 0 Å². The van der Waals surface area contributed by atoms with Gasteiger partial charge in [-0.15, -0.1) is 12.6 Å². The molecule has 0 spiro atoms.